The number of hydrogen-bond acceptors (Lipinski definition) is 1. The van der Waals surface area contributed by atoms with Crippen LogP contribution >= 0.6 is 0 Å². The minimum atomic E-state index is 0.358. The van der Waals surface area contributed by atoms with E-state index in [2.05, 4.69) is 27.7 Å². The zero-order valence-corrected chi connectivity index (χ0v) is 13.8. The van der Waals surface area contributed by atoms with Gasteiger partial charge in [-0.1, -0.05) is 79.1 Å². The maximum Gasteiger partial charge on any atom is 0.136 e. The van der Waals surface area contributed by atoms with Crippen molar-refractivity contribution in [3.63, 3.8) is 0 Å². The van der Waals surface area contributed by atoms with E-state index < -0.39 is 0 Å². The van der Waals surface area contributed by atoms with Crippen LogP contribution in [0.4, 0.5) is 0 Å². The topological polar surface area (TPSA) is 17.1 Å². The Labute approximate surface area is 121 Å². The molecule has 0 aromatic rings. The molecule has 0 heterocycles. The van der Waals surface area contributed by atoms with Crippen LogP contribution in [0.15, 0.2) is 0 Å². The first-order chi connectivity index (χ1) is 9.11. The van der Waals surface area contributed by atoms with Gasteiger partial charge in [-0.2, -0.15) is 0 Å². The van der Waals surface area contributed by atoms with E-state index in [4.69, 9.17) is 0 Å². The molecule has 0 aliphatic heterocycles. The summed E-state index contributed by atoms with van der Waals surface area (Å²) in [5.41, 5.74) is 0. The van der Waals surface area contributed by atoms with Crippen molar-refractivity contribution in [3.8, 4) is 0 Å². The highest BCUT2D eigenvalue weighted by molar-refractivity contribution is 5.81. The molecule has 0 aliphatic carbocycles. The largest absolute Gasteiger partial charge is 0.299 e. The third-order valence-electron chi connectivity index (χ3n) is 3.88. The lowest BCUT2D eigenvalue weighted by Crippen LogP contribution is -2.16. The van der Waals surface area contributed by atoms with Crippen molar-refractivity contribution < 1.29 is 4.79 Å². The molecule has 0 N–H and O–H groups in total. The quantitative estimate of drug-likeness (QED) is 0.366. The molecule has 0 aromatic heterocycles. The van der Waals surface area contributed by atoms with Crippen molar-refractivity contribution in [1.82, 2.24) is 0 Å². The van der Waals surface area contributed by atoms with Crippen molar-refractivity contribution >= 4 is 5.78 Å². The van der Waals surface area contributed by atoms with Crippen LogP contribution in [0.25, 0.3) is 0 Å². The van der Waals surface area contributed by atoms with Crippen LogP contribution in [-0.2, 0) is 4.79 Å². The zero-order valence-electron chi connectivity index (χ0n) is 13.8. The van der Waals surface area contributed by atoms with Gasteiger partial charge in [0.05, 0.1) is 0 Å². The normalized spacial score (nSPS) is 11.5. The molecular weight excluding hydrogens is 232 g/mol. The molecule has 114 valence electrons. The van der Waals surface area contributed by atoms with Crippen molar-refractivity contribution in [2.75, 3.05) is 0 Å². The molecular formula is C18H36O. The van der Waals surface area contributed by atoms with Crippen LogP contribution < -0.4 is 0 Å². The highest BCUT2D eigenvalue weighted by Gasteiger charge is 2.18. The smallest absolute Gasteiger partial charge is 0.136 e. The van der Waals surface area contributed by atoms with Gasteiger partial charge in [0, 0.05) is 12.3 Å². The van der Waals surface area contributed by atoms with Crippen LogP contribution in [0.2, 0.25) is 0 Å². The Morgan fingerprint density at radius 2 is 1.26 bits per heavy atom. The number of rotatable bonds is 13. The predicted molar refractivity (Wildman–Crippen MR) is 85.5 cm³/mol. The second-order valence-electron chi connectivity index (χ2n) is 6.46. The SMILES string of the molecule is CCCCCCC(CCCCCC)C(=O)CC(C)C. The molecule has 0 atom stereocenters. The van der Waals surface area contributed by atoms with E-state index in [1.807, 2.05) is 0 Å². The maximum absolute atomic E-state index is 12.3. The summed E-state index contributed by atoms with van der Waals surface area (Å²) in [5, 5.41) is 0. The molecule has 0 aromatic carbocycles. The Morgan fingerprint density at radius 1 is 0.789 bits per heavy atom. The van der Waals surface area contributed by atoms with Crippen molar-refractivity contribution in [2.45, 2.75) is 98.3 Å². The second kappa shape index (κ2) is 12.7. The summed E-state index contributed by atoms with van der Waals surface area (Å²) in [6, 6.07) is 0. The van der Waals surface area contributed by atoms with E-state index in [0.717, 1.165) is 19.3 Å². The van der Waals surface area contributed by atoms with E-state index in [-0.39, 0.29) is 0 Å². The van der Waals surface area contributed by atoms with Crippen LogP contribution in [0.1, 0.15) is 98.3 Å². The van der Waals surface area contributed by atoms with Gasteiger partial charge in [-0.05, 0) is 18.8 Å². The van der Waals surface area contributed by atoms with E-state index in [9.17, 15) is 4.79 Å². The maximum atomic E-state index is 12.3. The Balaban J connectivity index is 4.02. The Hall–Kier alpha value is -0.330. The summed E-state index contributed by atoms with van der Waals surface area (Å²) in [4.78, 5) is 12.3. The van der Waals surface area contributed by atoms with Gasteiger partial charge in [0.25, 0.3) is 0 Å². The van der Waals surface area contributed by atoms with Crippen LogP contribution in [0.5, 0.6) is 0 Å². The number of carbonyl (C=O) groups is 1. The number of ketones is 1. The van der Waals surface area contributed by atoms with E-state index in [0.29, 0.717) is 17.6 Å². The Morgan fingerprint density at radius 3 is 1.63 bits per heavy atom. The highest BCUT2D eigenvalue weighted by Crippen LogP contribution is 2.22. The van der Waals surface area contributed by atoms with E-state index >= 15 is 0 Å². The minimum Gasteiger partial charge on any atom is -0.299 e. The van der Waals surface area contributed by atoms with Crippen LogP contribution in [0.3, 0.4) is 0 Å². The van der Waals surface area contributed by atoms with Crippen molar-refractivity contribution in [1.29, 1.82) is 0 Å². The predicted octanol–water partition coefficient (Wildman–Crippen LogP) is 6.16. The monoisotopic (exact) mass is 268 g/mol. The first-order valence-electron chi connectivity index (χ1n) is 8.64. The van der Waals surface area contributed by atoms with E-state index in [1.165, 1.54) is 51.4 Å². The van der Waals surface area contributed by atoms with Gasteiger partial charge < -0.3 is 0 Å². The first-order valence-corrected chi connectivity index (χ1v) is 8.64. The molecule has 0 radical (unpaired) electrons. The Kier molecular flexibility index (Phi) is 12.5. The lowest BCUT2D eigenvalue weighted by Gasteiger charge is -2.17. The number of unbranched alkanes of at least 4 members (excludes halogenated alkanes) is 6. The molecule has 0 aliphatic rings. The molecule has 19 heavy (non-hydrogen) atoms. The van der Waals surface area contributed by atoms with Gasteiger partial charge in [0.1, 0.15) is 5.78 Å². The molecule has 0 saturated heterocycles. The van der Waals surface area contributed by atoms with Crippen molar-refractivity contribution in [3.05, 3.63) is 0 Å². The molecule has 0 unspecified atom stereocenters. The average Bonchev–Trinajstić information content (AvgIpc) is 2.36. The third kappa shape index (κ3) is 11.2. The summed E-state index contributed by atoms with van der Waals surface area (Å²) in [6.45, 7) is 8.80. The molecule has 0 spiro atoms. The summed E-state index contributed by atoms with van der Waals surface area (Å²) in [7, 11) is 0. The van der Waals surface area contributed by atoms with Gasteiger partial charge in [-0.25, -0.2) is 0 Å². The van der Waals surface area contributed by atoms with Gasteiger partial charge in [0.2, 0.25) is 0 Å². The lowest BCUT2D eigenvalue weighted by atomic mass is 9.87. The number of Topliss-reactive ketones (excluding diaryl/α,β-unsaturated/α-hetero) is 1. The van der Waals surface area contributed by atoms with Gasteiger partial charge in [-0.3, -0.25) is 4.79 Å². The summed E-state index contributed by atoms with van der Waals surface area (Å²) < 4.78 is 0. The van der Waals surface area contributed by atoms with Crippen LogP contribution in [-0.4, -0.2) is 5.78 Å². The number of hydrogen-bond donors (Lipinski definition) is 0. The summed E-state index contributed by atoms with van der Waals surface area (Å²) >= 11 is 0. The molecule has 0 amide bonds. The van der Waals surface area contributed by atoms with Gasteiger partial charge in [0.15, 0.2) is 0 Å². The Bertz CT molecular complexity index is 196. The molecule has 1 heteroatoms. The lowest BCUT2D eigenvalue weighted by molar-refractivity contribution is -0.124. The highest BCUT2D eigenvalue weighted by atomic mass is 16.1. The second-order valence-corrected chi connectivity index (χ2v) is 6.46. The standard InChI is InChI=1S/C18H36O/c1-5-7-9-11-13-17(14-12-10-8-6-2)18(19)15-16(3)4/h16-17H,5-15H2,1-4H3. The molecule has 1 nitrogen and oxygen atoms in total. The summed E-state index contributed by atoms with van der Waals surface area (Å²) in [6.07, 6.45) is 13.4. The fourth-order valence-electron chi connectivity index (χ4n) is 2.67. The third-order valence-corrected chi connectivity index (χ3v) is 3.88. The fraction of sp³-hybridized carbons (Fsp3) is 0.944. The van der Waals surface area contributed by atoms with Crippen molar-refractivity contribution in [2.24, 2.45) is 11.8 Å². The molecule has 0 fully saturated rings. The van der Waals surface area contributed by atoms with Crippen LogP contribution in [0, 0.1) is 11.8 Å². The van der Waals surface area contributed by atoms with E-state index in [1.54, 1.807) is 0 Å². The zero-order chi connectivity index (χ0) is 14.5. The minimum absolute atomic E-state index is 0.358. The first kappa shape index (κ1) is 18.7. The summed E-state index contributed by atoms with van der Waals surface area (Å²) in [5.74, 6) is 1.40. The fourth-order valence-corrected chi connectivity index (χ4v) is 2.67. The number of carbonyl (C=O) groups excluding carboxylic acids is 1. The average molecular weight is 268 g/mol. The molecule has 0 bridgehead atoms. The molecule has 0 rings (SSSR count). The van der Waals surface area contributed by atoms with Gasteiger partial charge >= 0.3 is 0 Å². The van der Waals surface area contributed by atoms with Gasteiger partial charge in [-0.15, -0.1) is 0 Å². The molecule has 0 saturated carbocycles.